The average Bonchev–Trinajstić information content (AvgIpc) is 2.04. The lowest BCUT2D eigenvalue weighted by atomic mass is 10.1. The molecule has 3 heteroatoms. The number of primary amides is 1. The van der Waals surface area contributed by atoms with E-state index in [1.807, 2.05) is 6.92 Å². The Hall–Kier alpha value is -1.12. The number of carbonyl (C=O) groups is 1. The first-order valence-corrected chi connectivity index (χ1v) is 4.12. The van der Waals surface area contributed by atoms with Gasteiger partial charge in [0.2, 0.25) is 0 Å². The van der Waals surface area contributed by atoms with Crippen LogP contribution in [0.25, 0.3) is 0 Å². The van der Waals surface area contributed by atoms with E-state index < -0.39 is 5.91 Å². The summed E-state index contributed by atoms with van der Waals surface area (Å²) in [6.45, 7) is 5.85. The molecule has 1 unspecified atom stereocenters. The fourth-order valence-corrected chi connectivity index (χ4v) is 0.593. The van der Waals surface area contributed by atoms with E-state index in [0.717, 1.165) is 6.42 Å². The molecule has 0 aliphatic rings. The first kappa shape index (κ1) is 10.9. The van der Waals surface area contributed by atoms with Crippen molar-refractivity contribution >= 4 is 12.1 Å². The molecule has 3 nitrogen and oxygen atoms in total. The molecule has 0 aliphatic carbocycles. The van der Waals surface area contributed by atoms with Crippen molar-refractivity contribution in [3.8, 4) is 0 Å². The number of carbonyl (C=O) groups excluding carboxylic acids is 1. The molecule has 12 heavy (non-hydrogen) atoms. The molecule has 0 rings (SSSR count). The highest BCUT2D eigenvalue weighted by atomic mass is 16.1. The van der Waals surface area contributed by atoms with Crippen LogP contribution in [0.4, 0.5) is 0 Å². The zero-order chi connectivity index (χ0) is 9.56. The minimum atomic E-state index is -0.475. The Bertz CT molecular complexity index is 207. The Morgan fingerprint density at radius 2 is 2.25 bits per heavy atom. The maximum atomic E-state index is 10.7. The molecule has 0 heterocycles. The largest absolute Gasteiger partial charge is 0.364 e. The Labute approximate surface area is 73.4 Å². The summed E-state index contributed by atoms with van der Waals surface area (Å²) in [6.07, 6.45) is 4.38. The Kier molecular flexibility index (Phi) is 5.00. The minimum Gasteiger partial charge on any atom is -0.364 e. The van der Waals surface area contributed by atoms with Gasteiger partial charge in [-0.15, -0.1) is 0 Å². The van der Waals surface area contributed by atoms with Gasteiger partial charge in [-0.25, -0.2) is 0 Å². The molecule has 1 atom stereocenters. The van der Waals surface area contributed by atoms with Gasteiger partial charge < -0.3 is 5.73 Å². The molecule has 0 aliphatic heterocycles. The van der Waals surface area contributed by atoms with Gasteiger partial charge in [0.15, 0.2) is 0 Å². The predicted octanol–water partition coefficient (Wildman–Crippen LogP) is 1.49. The van der Waals surface area contributed by atoms with Crippen molar-refractivity contribution in [1.82, 2.24) is 0 Å². The van der Waals surface area contributed by atoms with Crippen LogP contribution in [0.15, 0.2) is 16.8 Å². The maximum absolute atomic E-state index is 10.7. The summed E-state index contributed by atoms with van der Waals surface area (Å²) in [5.41, 5.74) is 5.38. The van der Waals surface area contributed by atoms with Crippen molar-refractivity contribution in [2.45, 2.75) is 27.2 Å². The van der Waals surface area contributed by atoms with Gasteiger partial charge >= 0.3 is 0 Å². The van der Waals surface area contributed by atoms with E-state index in [1.165, 1.54) is 0 Å². The summed E-state index contributed by atoms with van der Waals surface area (Å²) in [7, 11) is 0. The van der Waals surface area contributed by atoms with Gasteiger partial charge in [0, 0.05) is 6.21 Å². The van der Waals surface area contributed by atoms with E-state index in [0.29, 0.717) is 11.6 Å². The van der Waals surface area contributed by atoms with Crippen molar-refractivity contribution in [3.63, 3.8) is 0 Å². The van der Waals surface area contributed by atoms with Crippen LogP contribution in [0.1, 0.15) is 27.2 Å². The molecule has 0 radical (unpaired) electrons. The number of nitrogens with zero attached hydrogens (tertiary/aromatic N) is 1. The molecule has 68 valence electrons. The molecule has 2 N–H and O–H groups in total. The zero-order valence-corrected chi connectivity index (χ0v) is 7.87. The predicted molar refractivity (Wildman–Crippen MR) is 50.9 cm³/mol. The van der Waals surface area contributed by atoms with Crippen LogP contribution in [0, 0.1) is 5.92 Å². The third kappa shape index (κ3) is 3.91. The van der Waals surface area contributed by atoms with Gasteiger partial charge in [-0.1, -0.05) is 19.9 Å². The second-order valence-corrected chi connectivity index (χ2v) is 2.70. The van der Waals surface area contributed by atoms with E-state index in [9.17, 15) is 4.79 Å². The zero-order valence-electron chi connectivity index (χ0n) is 7.87. The van der Waals surface area contributed by atoms with Crippen LogP contribution in [0.5, 0.6) is 0 Å². The molecular weight excluding hydrogens is 152 g/mol. The average molecular weight is 168 g/mol. The number of allylic oxidation sites excluding steroid dienone is 1. The number of amides is 1. The van der Waals surface area contributed by atoms with Gasteiger partial charge in [0.25, 0.3) is 5.91 Å². The molecule has 1 amide bonds. The molecule has 0 saturated heterocycles. The molecule has 0 aromatic rings. The van der Waals surface area contributed by atoms with E-state index in [1.54, 1.807) is 19.2 Å². The van der Waals surface area contributed by atoms with Crippen molar-refractivity contribution < 1.29 is 4.79 Å². The minimum absolute atomic E-state index is 0.329. The van der Waals surface area contributed by atoms with Gasteiger partial charge in [-0.3, -0.25) is 9.79 Å². The Balaban J connectivity index is 4.22. The van der Waals surface area contributed by atoms with Crippen LogP contribution in [0.3, 0.4) is 0 Å². The van der Waals surface area contributed by atoms with Crippen LogP contribution >= 0.6 is 0 Å². The standard InChI is InChI=1S/C9H16N2O/c1-4-7(3)6-11-8(5-2)9(10)12/h5-7H,4H2,1-3H3,(H2,10,12)/b8-5-,11-6?. The van der Waals surface area contributed by atoms with Crippen molar-refractivity contribution in [2.24, 2.45) is 16.6 Å². The highest BCUT2D eigenvalue weighted by Gasteiger charge is 1.99. The second kappa shape index (κ2) is 5.52. The number of hydrogen-bond acceptors (Lipinski definition) is 2. The molecule has 0 saturated carbocycles. The molecule has 0 spiro atoms. The molecule has 0 bridgehead atoms. The Morgan fingerprint density at radius 1 is 1.67 bits per heavy atom. The summed E-state index contributed by atoms with van der Waals surface area (Å²) in [4.78, 5) is 14.6. The summed E-state index contributed by atoms with van der Waals surface area (Å²) >= 11 is 0. The number of aliphatic imine (C=N–C) groups is 1. The number of nitrogens with two attached hydrogens (primary N) is 1. The summed E-state index contributed by atoms with van der Waals surface area (Å²) < 4.78 is 0. The first-order chi connectivity index (χ1) is 5.61. The van der Waals surface area contributed by atoms with Crippen molar-refractivity contribution in [2.75, 3.05) is 0 Å². The number of rotatable bonds is 4. The topological polar surface area (TPSA) is 55.4 Å². The smallest absolute Gasteiger partial charge is 0.266 e. The van der Waals surface area contributed by atoms with Gasteiger partial charge in [0.05, 0.1) is 0 Å². The maximum Gasteiger partial charge on any atom is 0.266 e. The monoisotopic (exact) mass is 168 g/mol. The van der Waals surface area contributed by atoms with E-state index in [4.69, 9.17) is 5.73 Å². The quantitative estimate of drug-likeness (QED) is 0.502. The highest BCUT2D eigenvalue weighted by molar-refractivity contribution is 5.93. The SMILES string of the molecule is C/C=C(\N=CC(C)CC)C(N)=O. The van der Waals surface area contributed by atoms with Gasteiger partial charge in [0.1, 0.15) is 5.70 Å². The van der Waals surface area contributed by atoms with Crippen molar-refractivity contribution in [3.05, 3.63) is 11.8 Å². The number of hydrogen-bond donors (Lipinski definition) is 1. The third-order valence-electron chi connectivity index (χ3n) is 1.64. The highest BCUT2D eigenvalue weighted by Crippen LogP contribution is 1.99. The molecule has 0 aromatic heterocycles. The normalized spacial score (nSPS) is 15.1. The van der Waals surface area contributed by atoms with Crippen LogP contribution < -0.4 is 5.73 Å². The fraction of sp³-hybridized carbons (Fsp3) is 0.556. The molecule has 0 fully saturated rings. The summed E-state index contributed by atoms with van der Waals surface area (Å²) in [5, 5.41) is 0. The molecular formula is C9H16N2O. The molecule has 0 aromatic carbocycles. The summed E-state index contributed by atoms with van der Waals surface area (Å²) in [6, 6.07) is 0. The fourth-order valence-electron chi connectivity index (χ4n) is 0.593. The Morgan fingerprint density at radius 3 is 2.58 bits per heavy atom. The van der Waals surface area contributed by atoms with Crippen molar-refractivity contribution in [1.29, 1.82) is 0 Å². The van der Waals surface area contributed by atoms with E-state index >= 15 is 0 Å². The lowest BCUT2D eigenvalue weighted by molar-refractivity contribution is -0.114. The van der Waals surface area contributed by atoms with Crippen LogP contribution in [-0.2, 0) is 4.79 Å². The summed E-state index contributed by atoms with van der Waals surface area (Å²) in [5.74, 6) is -0.0867. The van der Waals surface area contributed by atoms with Crippen LogP contribution in [0.2, 0.25) is 0 Å². The lowest BCUT2D eigenvalue weighted by Gasteiger charge is -1.99. The lowest BCUT2D eigenvalue weighted by Crippen LogP contribution is -2.12. The van der Waals surface area contributed by atoms with Crippen LogP contribution in [-0.4, -0.2) is 12.1 Å². The van der Waals surface area contributed by atoms with E-state index in [-0.39, 0.29) is 0 Å². The second-order valence-electron chi connectivity index (χ2n) is 2.70. The third-order valence-corrected chi connectivity index (χ3v) is 1.64. The van der Waals surface area contributed by atoms with Gasteiger partial charge in [-0.05, 0) is 19.3 Å². The van der Waals surface area contributed by atoms with Gasteiger partial charge in [-0.2, -0.15) is 0 Å². The first-order valence-electron chi connectivity index (χ1n) is 4.12. The van der Waals surface area contributed by atoms with E-state index in [2.05, 4.69) is 11.9 Å².